The molecule has 0 spiro atoms. The quantitative estimate of drug-likeness (QED) is 0.733. The third kappa shape index (κ3) is 3.59. The number of ether oxygens (including phenoxy) is 1. The maximum atomic E-state index is 12.7. The van der Waals surface area contributed by atoms with Crippen molar-refractivity contribution in [2.45, 2.75) is 77.4 Å². The average molecular weight is 296 g/mol. The first-order valence-electron chi connectivity index (χ1n) is 8.73. The molecule has 0 radical (unpaired) electrons. The van der Waals surface area contributed by atoms with Crippen molar-refractivity contribution in [1.29, 1.82) is 0 Å². The van der Waals surface area contributed by atoms with Crippen molar-refractivity contribution in [3.63, 3.8) is 0 Å². The molecule has 1 heterocycles. The van der Waals surface area contributed by atoms with Gasteiger partial charge in [-0.25, -0.2) is 4.79 Å². The van der Waals surface area contributed by atoms with Crippen molar-refractivity contribution in [3.8, 4) is 0 Å². The number of nitrogens with one attached hydrogen (secondary N) is 1. The smallest absolute Gasteiger partial charge is 0.327 e. The van der Waals surface area contributed by atoms with E-state index in [9.17, 15) is 4.79 Å². The average Bonchev–Trinajstić information content (AvgIpc) is 3.27. The second kappa shape index (κ2) is 7.10. The highest BCUT2D eigenvalue weighted by Crippen LogP contribution is 2.42. The van der Waals surface area contributed by atoms with Crippen molar-refractivity contribution >= 4 is 5.97 Å². The lowest BCUT2D eigenvalue weighted by molar-refractivity contribution is -0.154. The molecular weight excluding hydrogens is 264 g/mol. The highest BCUT2D eigenvalue weighted by molar-refractivity contribution is 5.82. The van der Waals surface area contributed by atoms with Crippen LogP contribution in [0.15, 0.2) is 0 Å². The Labute approximate surface area is 129 Å². The molecule has 0 amide bonds. The van der Waals surface area contributed by atoms with Gasteiger partial charge in [-0.2, -0.15) is 0 Å². The molecule has 3 atom stereocenters. The van der Waals surface area contributed by atoms with Crippen molar-refractivity contribution in [3.05, 3.63) is 0 Å². The highest BCUT2D eigenvalue weighted by Gasteiger charge is 2.53. The standard InChI is InChI=1S/C17H32N2O2/c1-5-18-17(15-10-11-15,16(20)21-6-2)12-19-13(3)8-7-9-14(19)4/h13-15,18H,5-12H2,1-4H3. The Morgan fingerprint density at radius 1 is 1.19 bits per heavy atom. The van der Waals surface area contributed by atoms with Gasteiger partial charge in [0.15, 0.2) is 0 Å². The Kier molecular flexibility index (Phi) is 5.67. The summed E-state index contributed by atoms with van der Waals surface area (Å²) in [6, 6.07) is 1.11. The minimum Gasteiger partial charge on any atom is -0.465 e. The zero-order valence-corrected chi connectivity index (χ0v) is 14.2. The SMILES string of the molecule is CCNC(CN1C(C)CCCC1C)(C(=O)OCC)C1CC1. The van der Waals surface area contributed by atoms with Crippen LogP contribution in [0.5, 0.6) is 0 Å². The van der Waals surface area contributed by atoms with Gasteiger partial charge in [0, 0.05) is 18.6 Å². The monoisotopic (exact) mass is 296 g/mol. The predicted octanol–water partition coefficient (Wildman–Crippen LogP) is 2.57. The molecule has 3 unspecified atom stereocenters. The van der Waals surface area contributed by atoms with Crippen LogP contribution in [0.2, 0.25) is 0 Å². The molecule has 4 nitrogen and oxygen atoms in total. The number of esters is 1. The van der Waals surface area contributed by atoms with Crippen LogP contribution in [0.25, 0.3) is 0 Å². The van der Waals surface area contributed by atoms with E-state index in [4.69, 9.17) is 4.74 Å². The summed E-state index contributed by atoms with van der Waals surface area (Å²) >= 11 is 0. The summed E-state index contributed by atoms with van der Waals surface area (Å²) in [5, 5.41) is 3.51. The molecule has 0 aromatic heterocycles. The van der Waals surface area contributed by atoms with E-state index in [1.165, 1.54) is 19.3 Å². The van der Waals surface area contributed by atoms with E-state index in [0.29, 0.717) is 24.6 Å². The minimum atomic E-state index is -0.495. The molecule has 2 fully saturated rings. The highest BCUT2D eigenvalue weighted by atomic mass is 16.5. The van der Waals surface area contributed by atoms with Crippen LogP contribution in [0.3, 0.4) is 0 Å². The number of piperidine rings is 1. The van der Waals surface area contributed by atoms with Crippen molar-refractivity contribution in [2.75, 3.05) is 19.7 Å². The van der Waals surface area contributed by atoms with E-state index in [2.05, 4.69) is 31.0 Å². The number of nitrogens with zero attached hydrogens (tertiary/aromatic N) is 1. The lowest BCUT2D eigenvalue weighted by atomic mass is 9.88. The molecule has 2 rings (SSSR count). The second-order valence-electron chi connectivity index (χ2n) is 6.80. The lowest BCUT2D eigenvalue weighted by Gasteiger charge is -2.45. The summed E-state index contributed by atoms with van der Waals surface area (Å²) in [6.07, 6.45) is 6.06. The first kappa shape index (κ1) is 16.8. The first-order valence-corrected chi connectivity index (χ1v) is 8.73. The molecule has 1 N–H and O–H groups in total. The Morgan fingerprint density at radius 3 is 2.29 bits per heavy atom. The summed E-state index contributed by atoms with van der Waals surface area (Å²) < 4.78 is 5.45. The minimum absolute atomic E-state index is 0.0423. The first-order chi connectivity index (χ1) is 10.0. The van der Waals surface area contributed by atoms with Crippen molar-refractivity contribution in [1.82, 2.24) is 10.2 Å². The largest absolute Gasteiger partial charge is 0.465 e. The van der Waals surface area contributed by atoms with Crippen LogP contribution in [-0.2, 0) is 9.53 Å². The molecule has 0 aromatic rings. The Morgan fingerprint density at radius 2 is 1.81 bits per heavy atom. The number of likely N-dealkylation sites (N-methyl/N-ethyl adjacent to an activating group) is 1. The van der Waals surface area contributed by atoms with E-state index in [1.54, 1.807) is 0 Å². The van der Waals surface area contributed by atoms with E-state index in [0.717, 1.165) is 25.9 Å². The number of hydrogen-bond donors (Lipinski definition) is 1. The molecular formula is C17H32N2O2. The maximum absolute atomic E-state index is 12.7. The summed E-state index contributed by atoms with van der Waals surface area (Å²) in [6.45, 7) is 10.6. The van der Waals surface area contributed by atoms with Gasteiger partial charge in [0.05, 0.1) is 6.61 Å². The zero-order valence-electron chi connectivity index (χ0n) is 14.2. The number of carbonyl (C=O) groups is 1. The topological polar surface area (TPSA) is 41.6 Å². The molecule has 2 aliphatic rings. The summed E-state index contributed by atoms with van der Waals surface area (Å²) in [4.78, 5) is 15.2. The molecule has 1 saturated carbocycles. The number of rotatable bonds is 7. The van der Waals surface area contributed by atoms with Gasteiger partial charge in [0.25, 0.3) is 0 Å². The van der Waals surface area contributed by atoms with Crippen molar-refractivity contribution < 1.29 is 9.53 Å². The zero-order chi connectivity index (χ0) is 15.5. The van der Waals surface area contributed by atoms with E-state index >= 15 is 0 Å². The molecule has 1 aliphatic heterocycles. The van der Waals surface area contributed by atoms with Gasteiger partial charge in [0.2, 0.25) is 0 Å². The summed E-state index contributed by atoms with van der Waals surface area (Å²) in [5.74, 6) is 0.400. The van der Waals surface area contributed by atoms with Gasteiger partial charge in [0.1, 0.15) is 5.54 Å². The van der Waals surface area contributed by atoms with Crippen LogP contribution >= 0.6 is 0 Å². The number of carbonyl (C=O) groups excluding carboxylic acids is 1. The molecule has 122 valence electrons. The van der Waals surface area contributed by atoms with Gasteiger partial charge in [-0.3, -0.25) is 4.90 Å². The fraction of sp³-hybridized carbons (Fsp3) is 0.941. The maximum Gasteiger partial charge on any atom is 0.327 e. The Hall–Kier alpha value is -0.610. The van der Waals surface area contributed by atoms with Gasteiger partial charge >= 0.3 is 5.97 Å². The second-order valence-corrected chi connectivity index (χ2v) is 6.80. The Bertz CT molecular complexity index is 347. The van der Waals surface area contributed by atoms with Crippen LogP contribution in [0.1, 0.15) is 59.8 Å². The number of likely N-dealkylation sites (tertiary alicyclic amines) is 1. The molecule has 21 heavy (non-hydrogen) atoms. The number of hydrogen-bond acceptors (Lipinski definition) is 4. The molecule has 0 aromatic carbocycles. The summed E-state index contributed by atoms with van der Waals surface area (Å²) in [7, 11) is 0. The van der Waals surface area contributed by atoms with Gasteiger partial charge in [-0.15, -0.1) is 0 Å². The van der Waals surface area contributed by atoms with Crippen LogP contribution < -0.4 is 5.32 Å². The van der Waals surface area contributed by atoms with E-state index in [1.807, 2.05) is 6.92 Å². The fourth-order valence-corrected chi connectivity index (χ4v) is 3.86. The van der Waals surface area contributed by atoms with Crippen LogP contribution in [-0.4, -0.2) is 48.2 Å². The fourth-order valence-electron chi connectivity index (χ4n) is 3.86. The molecule has 0 bridgehead atoms. The normalized spacial score (nSPS) is 29.9. The van der Waals surface area contributed by atoms with Gasteiger partial charge < -0.3 is 10.1 Å². The van der Waals surface area contributed by atoms with Crippen LogP contribution in [0, 0.1) is 5.92 Å². The molecule has 1 aliphatic carbocycles. The lowest BCUT2D eigenvalue weighted by Crippen LogP contribution is -2.64. The molecule has 1 saturated heterocycles. The van der Waals surface area contributed by atoms with Crippen LogP contribution in [0.4, 0.5) is 0 Å². The third-order valence-electron chi connectivity index (χ3n) is 5.21. The van der Waals surface area contributed by atoms with E-state index in [-0.39, 0.29) is 5.97 Å². The Balaban J connectivity index is 2.19. The van der Waals surface area contributed by atoms with Gasteiger partial charge in [-0.05, 0) is 58.9 Å². The third-order valence-corrected chi connectivity index (χ3v) is 5.21. The van der Waals surface area contributed by atoms with Crippen molar-refractivity contribution in [2.24, 2.45) is 5.92 Å². The summed E-state index contributed by atoms with van der Waals surface area (Å²) in [5.41, 5.74) is -0.495. The molecule has 4 heteroatoms. The predicted molar refractivity (Wildman–Crippen MR) is 85.2 cm³/mol. The van der Waals surface area contributed by atoms with Gasteiger partial charge in [-0.1, -0.05) is 13.3 Å². The van der Waals surface area contributed by atoms with E-state index < -0.39 is 5.54 Å².